The summed E-state index contributed by atoms with van der Waals surface area (Å²) in [4.78, 5) is 21.8. The van der Waals surface area contributed by atoms with Gasteiger partial charge in [0.2, 0.25) is 12.7 Å². The van der Waals surface area contributed by atoms with E-state index in [1.165, 1.54) is 0 Å². The first-order valence-corrected chi connectivity index (χ1v) is 9.78. The molecule has 0 radical (unpaired) electrons. The molecule has 1 saturated carbocycles. The fraction of sp³-hybridized carbons (Fsp3) is 0.227. The molecule has 0 atom stereocenters. The van der Waals surface area contributed by atoms with Crippen LogP contribution in [0.15, 0.2) is 54.9 Å². The summed E-state index contributed by atoms with van der Waals surface area (Å²) in [6.45, 7) is 0.214. The van der Waals surface area contributed by atoms with Gasteiger partial charge in [-0.3, -0.25) is 9.78 Å². The lowest BCUT2D eigenvalue weighted by molar-refractivity contribution is -0.118. The van der Waals surface area contributed by atoms with E-state index < -0.39 is 5.41 Å². The first-order valence-electron chi connectivity index (χ1n) is 9.40. The van der Waals surface area contributed by atoms with E-state index in [9.17, 15) is 4.79 Å². The molecule has 0 spiro atoms. The Bertz CT molecular complexity index is 1100. The summed E-state index contributed by atoms with van der Waals surface area (Å²) in [5.41, 5.74) is 2.08. The van der Waals surface area contributed by atoms with Crippen molar-refractivity contribution in [1.82, 2.24) is 9.97 Å². The van der Waals surface area contributed by atoms with Crippen LogP contribution in [0.2, 0.25) is 5.02 Å². The molecule has 1 aliphatic heterocycles. The van der Waals surface area contributed by atoms with E-state index in [0.29, 0.717) is 28.8 Å². The largest absolute Gasteiger partial charge is 0.454 e. The number of hydrogen-bond acceptors (Lipinski definition) is 5. The van der Waals surface area contributed by atoms with Gasteiger partial charge in [-0.1, -0.05) is 35.9 Å². The number of carbonyl (C=O) groups excluding carboxylic acids is 1. The summed E-state index contributed by atoms with van der Waals surface area (Å²) in [7, 11) is 0. The minimum absolute atomic E-state index is 0.0828. The molecule has 29 heavy (non-hydrogen) atoms. The number of aromatic nitrogens is 2. The molecule has 1 N–H and O–H groups in total. The van der Waals surface area contributed by atoms with Crippen LogP contribution in [-0.2, 0) is 16.6 Å². The smallest absolute Gasteiger partial charge is 0.236 e. The van der Waals surface area contributed by atoms with Crippen LogP contribution in [0.5, 0.6) is 11.5 Å². The molecule has 2 aliphatic rings. The highest BCUT2D eigenvalue weighted by Crippen LogP contribution is 2.51. The SMILES string of the molecule is O=C(Nc1cncc(Cc2ccccc2Cl)n1)C1(c2ccc3c(c2)OCO3)CC1. The minimum atomic E-state index is -0.554. The summed E-state index contributed by atoms with van der Waals surface area (Å²) in [6.07, 6.45) is 5.35. The molecule has 1 fully saturated rings. The number of rotatable bonds is 5. The maximum absolute atomic E-state index is 13.0. The molecule has 146 valence electrons. The van der Waals surface area contributed by atoms with Crippen LogP contribution in [0.1, 0.15) is 29.7 Å². The summed E-state index contributed by atoms with van der Waals surface area (Å²) in [5, 5.41) is 3.62. The Hall–Kier alpha value is -3.12. The van der Waals surface area contributed by atoms with Crippen molar-refractivity contribution in [2.45, 2.75) is 24.7 Å². The maximum Gasteiger partial charge on any atom is 0.236 e. The molecule has 2 heterocycles. The third kappa shape index (κ3) is 3.40. The number of nitrogens with one attached hydrogen (secondary N) is 1. The molecular weight excluding hydrogens is 390 g/mol. The van der Waals surface area contributed by atoms with Crippen molar-refractivity contribution in [2.24, 2.45) is 0 Å². The minimum Gasteiger partial charge on any atom is -0.454 e. The number of nitrogens with zero attached hydrogens (tertiary/aromatic N) is 2. The fourth-order valence-electron chi connectivity index (χ4n) is 3.59. The van der Waals surface area contributed by atoms with Crippen molar-refractivity contribution >= 4 is 23.3 Å². The van der Waals surface area contributed by atoms with E-state index in [4.69, 9.17) is 21.1 Å². The van der Waals surface area contributed by atoms with Crippen LogP contribution in [0, 0.1) is 0 Å². The average Bonchev–Trinajstić information content (AvgIpc) is 3.41. The molecule has 2 aromatic carbocycles. The second-order valence-electron chi connectivity index (χ2n) is 7.27. The van der Waals surface area contributed by atoms with E-state index >= 15 is 0 Å². The molecular formula is C22H18ClN3O3. The van der Waals surface area contributed by atoms with Gasteiger partial charge in [-0.15, -0.1) is 0 Å². The van der Waals surface area contributed by atoms with Crippen molar-refractivity contribution in [3.05, 3.63) is 76.7 Å². The molecule has 0 saturated heterocycles. The van der Waals surface area contributed by atoms with Crippen LogP contribution in [0.25, 0.3) is 0 Å². The second-order valence-corrected chi connectivity index (χ2v) is 7.68. The van der Waals surface area contributed by atoms with Gasteiger partial charge in [0.15, 0.2) is 17.3 Å². The average molecular weight is 408 g/mol. The Morgan fingerprint density at radius 2 is 1.93 bits per heavy atom. The van der Waals surface area contributed by atoms with E-state index in [0.717, 1.165) is 29.7 Å². The number of carbonyl (C=O) groups is 1. The molecule has 6 nitrogen and oxygen atoms in total. The van der Waals surface area contributed by atoms with Gasteiger partial charge in [-0.25, -0.2) is 4.98 Å². The number of benzene rings is 2. The van der Waals surface area contributed by atoms with Gasteiger partial charge in [0.1, 0.15) is 0 Å². The number of anilines is 1. The van der Waals surface area contributed by atoms with Crippen LogP contribution in [0.3, 0.4) is 0 Å². The zero-order valence-electron chi connectivity index (χ0n) is 15.5. The quantitative estimate of drug-likeness (QED) is 0.688. The predicted octanol–water partition coefficient (Wildman–Crippen LogP) is 4.12. The van der Waals surface area contributed by atoms with Crippen LogP contribution in [0.4, 0.5) is 5.82 Å². The van der Waals surface area contributed by atoms with E-state index in [-0.39, 0.29) is 12.7 Å². The number of amides is 1. The van der Waals surface area contributed by atoms with Crippen LogP contribution < -0.4 is 14.8 Å². The molecule has 1 aromatic heterocycles. The number of fused-ring (bicyclic) bond motifs is 1. The molecule has 1 aliphatic carbocycles. The van der Waals surface area contributed by atoms with Gasteiger partial charge in [-0.2, -0.15) is 0 Å². The van der Waals surface area contributed by atoms with Crippen molar-refractivity contribution in [3.63, 3.8) is 0 Å². The van der Waals surface area contributed by atoms with Crippen LogP contribution >= 0.6 is 11.6 Å². The van der Waals surface area contributed by atoms with Crippen LogP contribution in [-0.4, -0.2) is 22.7 Å². The van der Waals surface area contributed by atoms with Gasteiger partial charge in [0.05, 0.1) is 17.3 Å². The van der Waals surface area contributed by atoms with Crippen molar-refractivity contribution in [1.29, 1.82) is 0 Å². The van der Waals surface area contributed by atoms with E-state index in [1.807, 2.05) is 42.5 Å². The van der Waals surface area contributed by atoms with Gasteiger partial charge >= 0.3 is 0 Å². The summed E-state index contributed by atoms with van der Waals surface area (Å²) in [6, 6.07) is 13.3. The maximum atomic E-state index is 13.0. The van der Waals surface area contributed by atoms with Gasteiger partial charge in [0, 0.05) is 17.6 Å². The molecule has 1 amide bonds. The van der Waals surface area contributed by atoms with E-state index in [1.54, 1.807) is 12.4 Å². The molecule has 5 rings (SSSR count). The third-order valence-electron chi connectivity index (χ3n) is 5.37. The highest BCUT2D eigenvalue weighted by Gasteiger charge is 2.51. The van der Waals surface area contributed by atoms with Gasteiger partial charge < -0.3 is 14.8 Å². The molecule has 3 aromatic rings. The van der Waals surface area contributed by atoms with Crippen molar-refractivity contribution in [3.8, 4) is 11.5 Å². The number of ether oxygens (including phenoxy) is 2. The van der Waals surface area contributed by atoms with Gasteiger partial charge in [-0.05, 0) is 42.2 Å². The Morgan fingerprint density at radius 3 is 2.76 bits per heavy atom. The Kier molecular flexibility index (Phi) is 4.36. The summed E-state index contributed by atoms with van der Waals surface area (Å²) >= 11 is 6.24. The molecule has 0 bridgehead atoms. The number of hydrogen-bond donors (Lipinski definition) is 1. The first kappa shape index (κ1) is 17.9. The predicted molar refractivity (Wildman–Crippen MR) is 108 cm³/mol. The van der Waals surface area contributed by atoms with Crippen molar-refractivity contribution < 1.29 is 14.3 Å². The van der Waals surface area contributed by atoms with Crippen molar-refractivity contribution in [2.75, 3.05) is 12.1 Å². The Labute approximate surface area is 172 Å². The van der Waals surface area contributed by atoms with Gasteiger partial charge in [0.25, 0.3) is 0 Å². The summed E-state index contributed by atoms with van der Waals surface area (Å²) < 4.78 is 10.8. The lowest BCUT2D eigenvalue weighted by atomic mass is 9.94. The molecule has 7 heteroatoms. The Morgan fingerprint density at radius 1 is 1.10 bits per heavy atom. The molecule has 0 unspecified atom stereocenters. The standard InChI is InChI=1S/C22H18ClN3O3/c23-17-4-2-1-3-14(17)9-16-11-24-12-20(25-16)26-21(27)22(7-8-22)15-5-6-18-19(10-15)29-13-28-18/h1-6,10-12H,7-9,13H2,(H,25,26,27). The zero-order valence-corrected chi connectivity index (χ0v) is 16.3. The highest BCUT2D eigenvalue weighted by atomic mass is 35.5. The lowest BCUT2D eigenvalue weighted by Crippen LogP contribution is -2.28. The normalized spacial score (nSPS) is 15.8. The Balaban J connectivity index is 1.34. The highest BCUT2D eigenvalue weighted by molar-refractivity contribution is 6.31. The second kappa shape index (κ2) is 7.04. The summed E-state index contributed by atoms with van der Waals surface area (Å²) in [5.74, 6) is 1.75. The van der Waals surface area contributed by atoms with E-state index in [2.05, 4.69) is 15.3 Å². The lowest BCUT2D eigenvalue weighted by Gasteiger charge is -2.16. The first-order chi connectivity index (χ1) is 14.1. The third-order valence-corrected chi connectivity index (χ3v) is 5.73. The topological polar surface area (TPSA) is 73.3 Å². The monoisotopic (exact) mass is 407 g/mol. The zero-order chi connectivity index (χ0) is 19.8. The number of halogens is 1. The fourth-order valence-corrected chi connectivity index (χ4v) is 3.79.